The molecule has 0 aliphatic carbocycles. The van der Waals surface area contributed by atoms with Gasteiger partial charge >= 0.3 is 0 Å². The lowest BCUT2D eigenvalue weighted by Crippen LogP contribution is -2.37. The van der Waals surface area contributed by atoms with Gasteiger partial charge in [0, 0.05) is 18.6 Å². The molecule has 0 amide bonds. The predicted octanol–water partition coefficient (Wildman–Crippen LogP) is 3.41. The second-order valence-electron chi connectivity index (χ2n) is 5.33. The van der Waals surface area contributed by atoms with Crippen LogP contribution in [0.3, 0.4) is 0 Å². The summed E-state index contributed by atoms with van der Waals surface area (Å²) in [6, 6.07) is 6.34. The highest BCUT2D eigenvalue weighted by molar-refractivity contribution is 7.80. The lowest BCUT2D eigenvalue weighted by atomic mass is 9.83. The van der Waals surface area contributed by atoms with Crippen molar-refractivity contribution >= 4 is 12.6 Å². The smallest absolute Gasteiger partial charge is 0.122 e. The Morgan fingerprint density at radius 3 is 2.67 bits per heavy atom. The van der Waals surface area contributed by atoms with Crippen LogP contribution in [-0.2, 0) is 4.74 Å². The maximum absolute atomic E-state index is 6.05. The summed E-state index contributed by atoms with van der Waals surface area (Å²) in [6.45, 7) is 6.58. The van der Waals surface area contributed by atoms with Gasteiger partial charge in [-0.1, -0.05) is 12.1 Å². The fraction of sp³-hybridized carbons (Fsp3) is 0.600. The Kier molecular flexibility index (Phi) is 4.57. The summed E-state index contributed by atoms with van der Waals surface area (Å²) < 4.78 is 11.5. The van der Waals surface area contributed by atoms with Crippen molar-refractivity contribution in [3.8, 4) is 5.75 Å². The van der Waals surface area contributed by atoms with Gasteiger partial charge in [0.05, 0.1) is 6.61 Å². The topological polar surface area (TPSA) is 18.5 Å². The van der Waals surface area contributed by atoms with Crippen molar-refractivity contribution in [2.75, 3.05) is 25.6 Å². The molecule has 100 valence electrons. The maximum Gasteiger partial charge on any atom is 0.122 e. The molecule has 0 aromatic heterocycles. The van der Waals surface area contributed by atoms with Crippen molar-refractivity contribution in [1.82, 2.24) is 0 Å². The molecule has 1 aliphatic rings. The number of hydrogen-bond acceptors (Lipinski definition) is 3. The molecule has 1 aromatic rings. The molecule has 0 spiro atoms. The standard InChI is InChI=1S/C15H22O2S/c1-12-3-4-13(2)14(9-12)17-10-15(11-18)5-7-16-8-6-15/h3-4,9,18H,5-8,10-11H2,1-2H3. The molecule has 0 bridgehead atoms. The van der Waals surface area contributed by atoms with E-state index < -0.39 is 0 Å². The fourth-order valence-corrected chi connectivity index (χ4v) is 2.65. The minimum Gasteiger partial charge on any atom is -0.493 e. The molecule has 0 N–H and O–H groups in total. The van der Waals surface area contributed by atoms with Crippen LogP contribution in [0.5, 0.6) is 5.75 Å². The molecule has 1 heterocycles. The molecule has 3 heteroatoms. The number of benzene rings is 1. The first-order valence-electron chi connectivity index (χ1n) is 6.54. The fourth-order valence-electron chi connectivity index (χ4n) is 2.25. The summed E-state index contributed by atoms with van der Waals surface area (Å²) in [5.74, 6) is 1.86. The molecule has 0 saturated carbocycles. The zero-order valence-corrected chi connectivity index (χ0v) is 12.1. The first-order valence-corrected chi connectivity index (χ1v) is 7.17. The van der Waals surface area contributed by atoms with E-state index in [1.165, 1.54) is 11.1 Å². The second-order valence-corrected chi connectivity index (χ2v) is 5.64. The minimum absolute atomic E-state index is 0.178. The number of hydrogen-bond donors (Lipinski definition) is 1. The van der Waals surface area contributed by atoms with Gasteiger partial charge in [-0.3, -0.25) is 0 Å². The zero-order chi connectivity index (χ0) is 13.0. The summed E-state index contributed by atoms with van der Waals surface area (Å²) >= 11 is 4.51. The Bertz CT molecular complexity index is 397. The first-order chi connectivity index (χ1) is 8.65. The van der Waals surface area contributed by atoms with Crippen LogP contribution in [0.4, 0.5) is 0 Å². The Balaban J connectivity index is 2.03. The highest BCUT2D eigenvalue weighted by atomic mass is 32.1. The Hall–Kier alpha value is -0.670. The third-order valence-electron chi connectivity index (χ3n) is 3.77. The zero-order valence-electron chi connectivity index (χ0n) is 11.2. The molecule has 2 rings (SSSR count). The van der Waals surface area contributed by atoms with Gasteiger partial charge in [0.15, 0.2) is 0 Å². The van der Waals surface area contributed by atoms with Crippen molar-refractivity contribution in [3.05, 3.63) is 29.3 Å². The van der Waals surface area contributed by atoms with E-state index in [0.29, 0.717) is 0 Å². The highest BCUT2D eigenvalue weighted by Crippen LogP contribution is 2.33. The SMILES string of the molecule is Cc1ccc(C)c(OCC2(CS)CCOCC2)c1. The summed E-state index contributed by atoms with van der Waals surface area (Å²) in [5.41, 5.74) is 2.61. The van der Waals surface area contributed by atoms with Crippen LogP contribution in [-0.4, -0.2) is 25.6 Å². The summed E-state index contributed by atoms with van der Waals surface area (Å²) in [5, 5.41) is 0. The third kappa shape index (κ3) is 3.21. The molecule has 2 nitrogen and oxygen atoms in total. The Labute approximate surface area is 115 Å². The summed E-state index contributed by atoms with van der Waals surface area (Å²) in [4.78, 5) is 0. The van der Waals surface area contributed by atoms with Crippen LogP contribution in [0.25, 0.3) is 0 Å². The van der Waals surface area contributed by atoms with E-state index in [1.54, 1.807) is 0 Å². The maximum atomic E-state index is 6.05. The highest BCUT2D eigenvalue weighted by Gasteiger charge is 2.32. The van der Waals surface area contributed by atoms with Gasteiger partial charge in [-0.2, -0.15) is 12.6 Å². The van der Waals surface area contributed by atoms with Crippen LogP contribution in [0.2, 0.25) is 0 Å². The lowest BCUT2D eigenvalue weighted by molar-refractivity contribution is 0.00299. The predicted molar refractivity (Wildman–Crippen MR) is 77.8 cm³/mol. The minimum atomic E-state index is 0.178. The molecular formula is C15H22O2S. The van der Waals surface area contributed by atoms with Crippen LogP contribution in [0.15, 0.2) is 18.2 Å². The average Bonchev–Trinajstić information content (AvgIpc) is 2.41. The first kappa shape index (κ1) is 13.8. The van der Waals surface area contributed by atoms with Gasteiger partial charge in [-0.15, -0.1) is 0 Å². The van der Waals surface area contributed by atoms with Crippen molar-refractivity contribution in [2.45, 2.75) is 26.7 Å². The Morgan fingerprint density at radius 1 is 1.28 bits per heavy atom. The van der Waals surface area contributed by atoms with Gasteiger partial charge in [0.1, 0.15) is 5.75 Å². The monoisotopic (exact) mass is 266 g/mol. The average molecular weight is 266 g/mol. The van der Waals surface area contributed by atoms with Gasteiger partial charge in [-0.25, -0.2) is 0 Å². The van der Waals surface area contributed by atoms with Crippen LogP contribution in [0, 0.1) is 19.3 Å². The van der Waals surface area contributed by atoms with E-state index in [0.717, 1.165) is 44.2 Å². The van der Waals surface area contributed by atoms with Gasteiger partial charge < -0.3 is 9.47 Å². The molecule has 1 aromatic carbocycles. The third-order valence-corrected chi connectivity index (χ3v) is 4.44. The quantitative estimate of drug-likeness (QED) is 0.842. The lowest BCUT2D eigenvalue weighted by Gasteiger charge is -2.35. The summed E-state index contributed by atoms with van der Waals surface area (Å²) in [6.07, 6.45) is 2.09. The van der Waals surface area contributed by atoms with E-state index in [9.17, 15) is 0 Å². The van der Waals surface area contributed by atoms with Gasteiger partial charge in [0.2, 0.25) is 0 Å². The van der Waals surface area contributed by atoms with Crippen molar-refractivity contribution in [2.24, 2.45) is 5.41 Å². The molecule has 1 aliphatic heterocycles. The Morgan fingerprint density at radius 2 is 2.00 bits per heavy atom. The van der Waals surface area contributed by atoms with Crippen LogP contribution in [0.1, 0.15) is 24.0 Å². The summed E-state index contributed by atoms with van der Waals surface area (Å²) in [7, 11) is 0. The number of ether oxygens (including phenoxy) is 2. The molecular weight excluding hydrogens is 244 g/mol. The molecule has 18 heavy (non-hydrogen) atoms. The van der Waals surface area contributed by atoms with E-state index in [2.05, 4.69) is 44.7 Å². The van der Waals surface area contributed by atoms with Crippen molar-refractivity contribution in [3.63, 3.8) is 0 Å². The van der Waals surface area contributed by atoms with Gasteiger partial charge in [-0.05, 0) is 49.6 Å². The molecule has 1 fully saturated rings. The molecule has 1 saturated heterocycles. The molecule has 0 radical (unpaired) electrons. The van der Waals surface area contributed by atoms with E-state index in [1.807, 2.05) is 0 Å². The number of aryl methyl sites for hydroxylation is 2. The van der Waals surface area contributed by atoms with E-state index in [-0.39, 0.29) is 5.41 Å². The van der Waals surface area contributed by atoms with Crippen LogP contribution >= 0.6 is 12.6 Å². The normalized spacial score (nSPS) is 18.6. The van der Waals surface area contributed by atoms with Crippen molar-refractivity contribution in [1.29, 1.82) is 0 Å². The van der Waals surface area contributed by atoms with Gasteiger partial charge in [0.25, 0.3) is 0 Å². The second kappa shape index (κ2) is 5.98. The molecule has 0 unspecified atom stereocenters. The largest absolute Gasteiger partial charge is 0.493 e. The number of rotatable bonds is 4. The van der Waals surface area contributed by atoms with E-state index in [4.69, 9.17) is 9.47 Å². The molecule has 0 atom stereocenters. The van der Waals surface area contributed by atoms with Crippen LogP contribution < -0.4 is 4.74 Å². The number of thiol groups is 1. The van der Waals surface area contributed by atoms with E-state index >= 15 is 0 Å². The van der Waals surface area contributed by atoms with Crippen molar-refractivity contribution < 1.29 is 9.47 Å².